The number of carbonyl (C=O) groups is 1. The standard InChI is InChI=1S/C20H26O3/c1-12(21)23-14-4-6-15-13(11-14)3-5-17-16(15)9-10-20(2)18(17)7-8-19(20)22/h4,6,11,16-19,22H,3,5,7-10H2,1-2H3/t16?,17?,18?,19-,20-/m0/s1. The Morgan fingerprint density at radius 2 is 2.09 bits per heavy atom. The minimum absolute atomic E-state index is 0.110. The third kappa shape index (κ3) is 2.32. The van der Waals surface area contributed by atoms with Gasteiger partial charge in [-0.2, -0.15) is 0 Å². The van der Waals surface area contributed by atoms with E-state index in [4.69, 9.17) is 4.74 Å². The number of fused-ring (bicyclic) bond motifs is 5. The Bertz CT molecular complexity index is 638. The normalized spacial score (nSPS) is 38.4. The Kier molecular flexibility index (Phi) is 3.53. The van der Waals surface area contributed by atoms with E-state index in [9.17, 15) is 9.90 Å². The molecule has 0 aromatic heterocycles. The Hall–Kier alpha value is -1.35. The Morgan fingerprint density at radius 3 is 2.87 bits per heavy atom. The van der Waals surface area contributed by atoms with Crippen LogP contribution in [-0.4, -0.2) is 17.2 Å². The smallest absolute Gasteiger partial charge is 0.308 e. The lowest BCUT2D eigenvalue weighted by atomic mass is 9.55. The summed E-state index contributed by atoms with van der Waals surface area (Å²) in [4.78, 5) is 11.2. The largest absolute Gasteiger partial charge is 0.427 e. The van der Waals surface area contributed by atoms with E-state index in [1.807, 2.05) is 6.07 Å². The van der Waals surface area contributed by atoms with E-state index in [-0.39, 0.29) is 17.5 Å². The zero-order valence-electron chi connectivity index (χ0n) is 14.0. The van der Waals surface area contributed by atoms with Crippen LogP contribution < -0.4 is 4.74 Å². The number of benzene rings is 1. The van der Waals surface area contributed by atoms with E-state index in [0.717, 1.165) is 19.3 Å². The monoisotopic (exact) mass is 314 g/mol. The minimum atomic E-state index is -0.257. The van der Waals surface area contributed by atoms with Gasteiger partial charge in [0.25, 0.3) is 0 Å². The third-order valence-electron chi connectivity index (χ3n) is 6.91. The van der Waals surface area contributed by atoms with Gasteiger partial charge >= 0.3 is 5.97 Å². The summed E-state index contributed by atoms with van der Waals surface area (Å²) < 4.78 is 5.24. The molecule has 3 heteroatoms. The van der Waals surface area contributed by atoms with E-state index in [2.05, 4.69) is 19.1 Å². The molecule has 124 valence electrons. The van der Waals surface area contributed by atoms with Crippen LogP contribution in [0.5, 0.6) is 5.75 Å². The van der Waals surface area contributed by atoms with Crippen LogP contribution in [0.15, 0.2) is 18.2 Å². The quantitative estimate of drug-likeness (QED) is 0.633. The molecule has 23 heavy (non-hydrogen) atoms. The molecule has 1 aromatic rings. The van der Waals surface area contributed by atoms with Gasteiger partial charge in [0.2, 0.25) is 0 Å². The highest BCUT2D eigenvalue weighted by Gasteiger charge is 2.54. The number of aryl methyl sites for hydroxylation is 1. The van der Waals surface area contributed by atoms with Gasteiger partial charge in [-0.3, -0.25) is 4.79 Å². The van der Waals surface area contributed by atoms with Crippen LogP contribution in [0.25, 0.3) is 0 Å². The maximum Gasteiger partial charge on any atom is 0.308 e. The lowest BCUT2D eigenvalue weighted by molar-refractivity contribution is -0.131. The summed E-state index contributed by atoms with van der Waals surface area (Å²) in [6.07, 6.45) is 6.62. The van der Waals surface area contributed by atoms with Gasteiger partial charge in [-0.15, -0.1) is 0 Å². The van der Waals surface area contributed by atoms with Crippen molar-refractivity contribution in [1.29, 1.82) is 0 Å². The zero-order valence-corrected chi connectivity index (χ0v) is 14.0. The van der Waals surface area contributed by atoms with Gasteiger partial charge in [-0.1, -0.05) is 13.0 Å². The molecule has 0 saturated heterocycles. The van der Waals surface area contributed by atoms with Gasteiger partial charge in [0.05, 0.1) is 6.10 Å². The summed E-state index contributed by atoms with van der Waals surface area (Å²) >= 11 is 0. The average Bonchev–Trinajstić information content (AvgIpc) is 2.82. The molecule has 3 unspecified atom stereocenters. The lowest BCUT2D eigenvalue weighted by Gasteiger charge is -2.50. The average molecular weight is 314 g/mol. The molecule has 4 rings (SSSR count). The fourth-order valence-electron chi connectivity index (χ4n) is 5.76. The summed E-state index contributed by atoms with van der Waals surface area (Å²) in [5.41, 5.74) is 2.95. The van der Waals surface area contributed by atoms with Crippen LogP contribution in [0.2, 0.25) is 0 Å². The molecule has 1 N–H and O–H groups in total. The Morgan fingerprint density at radius 1 is 1.26 bits per heavy atom. The van der Waals surface area contributed by atoms with Gasteiger partial charge < -0.3 is 9.84 Å². The molecular formula is C20H26O3. The summed E-state index contributed by atoms with van der Waals surface area (Å²) in [5.74, 6) is 2.41. The molecule has 0 radical (unpaired) electrons. The van der Waals surface area contributed by atoms with E-state index in [0.29, 0.717) is 23.5 Å². The molecular weight excluding hydrogens is 288 g/mol. The fraction of sp³-hybridized carbons (Fsp3) is 0.650. The van der Waals surface area contributed by atoms with Crippen molar-refractivity contribution in [3.05, 3.63) is 29.3 Å². The molecule has 3 aliphatic carbocycles. The second-order valence-corrected chi connectivity index (χ2v) is 8.01. The predicted molar refractivity (Wildman–Crippen MR) is 88.4 cm³/mol. The van der Waals surface area contributed by atoms with E-state index >= 15 is 0 Å². The molecule has 5 atom stereocenters. The van der Waals surface area contributed by atoms with Crippen molar-refractivity contribution in [2.24, 2.45) is 17.3 Å². The first-order chi connectivity index (χ1) is 11.0. The van der Waals surface area contributed by atoms with Crippen molar-refractivity contribution in [2.45, 2.75) is 64.4 Å². The highest BCUT2D eigenvalue weighted by molar-refractivity contribution is 5.69. The highest BCUT2D eigenvalue weighted by atomic mass is 16.5. The number of hydrogen-bond donors (Lipinski definition) is 1. The number of aliphatic hydroxyl groups excluding tert-OH is 1. The van der Waals surface area contributed by atoms with Crippen molar-refractivity contribution in [3.63, 3.8) is 0 Å². The van der Waals surface area contributed by atoms with Gasteiger partial charge in [0, 0.05) is 6.92 Å². The van der Waals surface area contributed by atoms with Crippen molar-refractivity contribution in [1.82, 2.24) is 0 Å². The van der Waals surface area contributed by atoms with E-state index in [1.54, 1.807) is 0 Å². The SMILES string of the molecule is CC(=O)Oc1ccc2c(c1)CCC1C2CC[C@@]2(C)C1CC[C@@H]2O. The van der Waals surface area contributed by atoms with Gasteiger partial charge in [-0.05, 0) is 85.0 Å². The van der Waals surface area contributed by atoms with Crippen LogP contribution in [0.3, 0.4) is 0 Å². The molecule has 1 aromatic carbocycles. The van der Waals surface area contributed by atoms with Crippen LogP contribution >= 0.6 is 0 Å². The van der Waals surface area contributed by atoms with Crippen LogP contribution in [0.1, 0.15) is 63.0 Å². The van der Waals surface area contributed by atoms with Crippen molar-refractivity contribution in [2.75, 3.05) is 0 Å². The maximum atomic E-state index is 11.2. The molecule has 2 saturated carbocycles. The number of ether oxygens (including phenoxy) is 1. The molecule has 0 amide bonds. The van der Waals surface area contributed by atoms with Crippen LogP contribution in [-0.2, 0) is 11.2 Å². The molecule has 0 spiro atoms. The van der Waals surface area contributed by atoms with Crippen LogP contribution in [0, 0.1) is 17.3 Å². The van der Waals surface area contributed by atoms with Crippen molar-refractivity contribution >= 4 is 5.97 Å². The molecule has 3 aliphatic rings. The third-order valence-corrected chi connectivity index (χ3v) is 6.91. The number of carbonyl (C=O) groups excluding carboxylic acids is 1. The second kappa shape index (κ2) is 5.34. The lowest BCUT2D eigenvalue weighted by Crippen LogP contribution is -2.43. The van der Waals surface area contributed by atoms with Gasteiger partial charge in [0.1, 0.15) is 5.75 Å². The minimum Gasteiger partial charge on any atom is -0.427 e. The molecule has 0 aliphatic heterocycles. The molecule has 0 bridgehead atoms. The predicted octanol–water partition coefficient (Wildman–Crippen LogP) is 3.83. The molecule has 3 nitrogen and oxygen atoms in total. The van der Waals surface area contributed by atoms with E-state index < -0.39 is 0 Å². The first-order valence-electron chi connectivity index (χ1n) is 8.98. The summed E-state index contributed by atoms with van der Waals surface area (Å²) in [6, 6.07) is 6.18. The van der Waals surface area contributed by atoms with E-state index in [1.165, 1.54) is 37.3 Å². The molecule has 0 heterocycles. The molecule has 2 fully saturated rings. The van der Waals surface area contributed by atoms with Crippen molar-refractivity contribution < 1.29 is 14.6 Å². The summed E-state index contributed by atoms with van der Waals surface area (Å²) in [5, 5.41) is 10.4. The summed E-state index contributed by atoms with van der Waals surface area (Å²) in [6.45, 7) is 3.76. The van der Waals surface area contributed by atoms with Crippen LogP contribution in [0.4, 0.5) is 0 Å². The first-order valence-corrected chi connectivity index (χ1v) is 8.98. The Balaban J connectivity index is 1.63. The number of esters is 1. The first kappa shape index (κ1) is 15.2. The van der Waals surface area contributed by atoms with Gasteiger partial charge in [0.15, 0.2) is 0 Å². The zero-order chi connectivity index (χ0) is 16.2. The number of aliphatic hydroxyl groups is 1. The second-order valence-electron chi connectivity index (χ2n) is 8.01. The fourth-order valence-corrected chi connectivity index (χ4v) is 5.76. The highest BCUT2D eigenvalue weighted by Crippen LogP contribution is 2.60. The van der Waals surface area contributed by atoms with Gasteiger partial charge in [-0.25, -0.2) is 0 Å². The number of hydrogen-bond acceptors (Lipinski definition) is 3. The maximum absolute atomic E-state index is 11.2. The Labute approximate surface area is 138 Å². The van der Waals surface area contributed by atoms with Crippen molar-refractivity contribution in [3.8, 4) is 5.75 Å². The topological polar surface area (TPSA) is 46.5 Å². The number of rotatable bonds is 1. The summed E-state index contributed by atoms with van der Waals surface area (Å²) in [7, 11) is 0.